The van der Waals surface area contributed by atoms with Crippen molar-refractivity contribution in [3.05, 3.63) is 83.9 Å². The highest BCUT2D eigenvalue weighted by molar-refractivity contribution is 5.36. The lowest BCUT2D eigenvalue weighted by Crippen LogP contribution is -2.08. The van der Waals surface area contributed by atoms with Gasteiger partial charge in [-0.2, -0.15) is 0 Å². The quantitative estimate of drug-likeness (QED) is 0.559. The summed E-state index contributed by atoms with van der Waals surface area (Å²) in [5.41, 5.74) is 0.713. The Hall–Kier alpha value is -3.09. The Morgan fingerprint density at radius 2 is 1.45 bits per heavy atom. The first kappa shape index (κ1) is 23.9. The molecule has 0 aliphatic rings. The topological polar surface area (TPSA) is 44.2 Å². The molecule has 0 amide bonds. The van der Waals surface area contributed by atoms with Gasteiger partial charge >= 0.3 is 6.01 Å². The van der Waals surface area contributed by atoms with Crippen molar-refractivity contribution in [3.63, 3.8) is 0 Å². The van der Waals surface area contributed by atoms with Gasteiger partial charge in [0.05, 0.1) is 19.8 Å². The van der Waals surface area contributed by atoms with Gasteiger partial charge in [-0.25, -0.2) is 23.1 Å². The number of hydrogen-bond acceptors (Lipinski definition) is 4. The van der Waals surface area contributed by atoms with Gasteiger partial charge in [0, 0.05) is 19.3 Å². The third-order valence-corrected chi connectivity index (χ3v) is 3.64. The van der Waals surface area contributed by atoms with Crippen molar-refractivity contribution in [2.75, 3.05) is 14.2 Å². The number of methoxy groups -OCH3 is 2. The molecule has 156 valence electrons. The van der Waals surface area contributed by atoms with Crippen LogP contribution in [0.15, 0.2) is 67.0 Å². The van der Waals surface area contributed by atoms with Crippen LogP contribution in [0.5, 0.6) is 11.8 Å². The van der Waals surface area contributed by atoms with E-state index in [-0.39, 0.29) is 17.1 Å². The van der Waals surface area contributed by atoms with Crippen LogP contribution in [0.1, 0.15) is 25.0 Å². The monoisotopic (exact) mass is 406 g/mol. The number of nitrogens with zero attached hydrogens (tertiary/aromatic N) is 2. The molecule has 4 nitrogen and oxygen atoms in total. The number of aromatic nitrogens is 2. The Morgan fingerprint density at radius 1 is 0.862 bits per heavy atom. The fourth-order valence-electron chi connectivity index (χ4n) is 2.18. The van der Waals surface area contributed by atoms with E-state index in [0.29, 0.717) is 6.01 Å². The molecule has 1 heterocycles. The summed E-state index contributed by atoms with van der Waals surface area (Å²) in [5.74, 6) is -2.71. The van der Waals surface area contributed by atoms with Gasteiger partial charge in [0.25, 0.3) is 5.92 Å². The molecule has 7 heteroatoms. The average molecular weight is 406 g/mol. The normalized spacial score (nSPS) is 10.0. The van der Waals surface area contributed by atoms with Crippen molar-refractivity contribution in [1.29, 1.82) is 0 Å². The molecule has 0 unspecified atom stereocenters. The van der Waals surface area contributed by atoms with Gasteiger partial charge in [0.15, 0.2) is 0 Å². The lowest BCUT2D eigenvalue weighted by molar-refractivity contribution is 0.0151. The summed E-state index contributed by atoms with van der Waals surface area (Å²) in [7, 11) is 2.92. The molecule has 3 rings (SSSR count). The molecule has 0 radical (unpaired) electrons. The Morgan fingerprint density at radius 3 is 1.86 bits per heavy atom. The highest BCUT2D eigenvalue weighted by atomic mass is 19.3. The average Bonchev–Trinajstić information content (AvgIpc) is 2.75. The van der Waals surface area contributed by atoms with Crippen LogP contribution in [-0.4, -0.2) is 24.2 Å². The van der Waals surface area contributed by atoms with Crippen LogP contribution in [0.25, 0.3) is 0 Å². The first-order chi connectivity index (χ1) is 13.8. The minimum absolute atomic E-state index is 0.0764. The number of hydrogen-bond donors (Lipinski definition) is 0. The summed E-state index contributed by atoms with van der Waals surface area (Å²) in [6.45, 7) is 2.79. The van der Waals surface area contributed by atoms with Gasteiger partial charge in [-0.3, -0.25) is 0 Å². The van der Waals surface area contributed by atoms with E-state index in [1.807, 2.05) is 13.0 Å². The van der Waals surface area contributed by atoms with Crippen LogP contribution in [0.2, 0.25) is 0 Å². The maximum absolute atomic E-state index is 12.8. The smallest absolute Gasteiger partial charge is 0.315 e. The number of halogens is 3. The molecule has 0 spiro atoms. The molecule has 0 aliphatic carbocycles. The lowest BCUT2D eigenvalue weighted by atomic mass is 10.1. The second-order valence-electron chi connectivity index (χ2n) is 5.77. The van der Waals surface area contributed by atoms with Crippen molar-refractivity contribution >= 4 is 0 Å². The van der Waals surface area contributed by atoms with Crippen molar-refractivity contribution in [3.8, 4) is 11.8 Å². The predicted molar refractivity (Wildman–Crippen MR) is 107 cm³/mol. The zero-order chi connectivity index (χ0) is 21.7. The van der Waals surface area contributed by atoms with Crippen molar-refractivity contribution in [2.45, 2.75) is 26.2 Å². The fraction of sp³-hybridized carbons (Fsp3) is 0.273. The van der Waals surface area contributed by atoms with Crippen LogP contribution < -0.4 is 9.47 Å². The Labute approximate surface area is 169 Å². The number of benzene rings is 2. The number of rotatable bonds is 4. The third kappa shape index (κ3) is 8.64. The molecule has 0 saturated heterocycles. The summed E-state index contributed by atoms with van der Waals surface area (Å²) in [6, 6.07) is 15.1. The van der Waals surface area contributed by atoms with E-state index in [2.05, 4.69) is 9.97 Å². The summed E-state index contributed by atoms with van der Waals surface area (Å²) < 4.78 is 47.7. The van der Waals surface area contributed by atoms with Crippen LogP contribution >= 0.6 is 0 Å². The van der Waals surface area contributed by atoms with Crippen molar-refractivity contribution in [2.24, 2.45) is 0 Å². The molecule has 0 fully saturated rings. The first-order valence-corrected chi connectivity index (χ1v) is 8.89. The highest BCUT2D eigenvalue weighted by Crippen LogP contribution is 2.33. The Bertz CT molecular complexity index is 841. The first-order valence-electron chi connectivity index (χ1n) is 8.89. The highest BCUT2D eigenvalue weighted by Gasteiger charge is 2.27. The fourth-order valence-corrected chi connectivity index (χ4v) is 2.18. The van der Waals surface area contributed by atoms with E-state index in [0.717, 1.165) is 18.9 Å². The second-order valence-corrected chi connectivity index (χ2v) is 5.77. The molecule has 0 N–H and O–H groups in total. The maximum atomic E-state index is 12.8. The van der Waals surface area contributed by atoms with Gasteiger partial charge in [-0.15, -0.1) is 0 Å². The van der Waals surface area contributed by atoms with Crippen molar-refractivity contribution < 1.29 is 22.6 Å². The maximum Gasteiger partial charge on any atom is 0.315 e. The zero-order valence-corrected chi connectivity index (χ0v) is 16.9. The molecule has 3 aromatic rings. The molecule has 1 aromatic heterocycles. The van der Waals surface area contributed by atoms with Crippen LogP contribution in [0, 0.1) is 5.82 Å². The van der Waals surface area contributed by atoms with E-state index < -0.39 is 5.92 Å². The predicted octanol–water partition coefficient (Wildman–Crippen LogP) is 5.68. The van der Waals surface area contributed by atoms with E-state index in [9.17, 15) is 13.2 Å². The van der Waals surface area contributed by atoms with E-state index in [4.69, 9.17) is 9.47 Å². The van der Waals surface area contributed by atoms with Gasteiger partial charge in [0.1, 0.15) is 11.6 Å². The number of aryl methyl sites for hydroxylation is 1. The number of para-hydroxylation sites is 1. The largest absolute Gasteiger partial charge is 0.496 e. The van der Waals surface area contributed by atoms with Gasteiger partial charge < -0.3 is 9.47 Å². The minimum Gasteiger partial charge on any atom is -0.496 e. The van der Waals surface area contributed by atoms with E-state index in [1.54, 1.807) is 42.7 Å². The standard InChI is InChI=1S/C9H10F2O.C8H9F.C5H6N2O/c1-9(10,11)7-5-3-4-6-8(7)12-2;1-2-7-5-3-4-6-8(7)9;1-8-5-6-3-2-4-7-5/h3-6H,1-2H3;3-6H,2H2,1H3;2-4H,1H3. The van der Waals surface area contributed by atoms with E-state index in [1.165, 1.54) is 32.4 Å². The third-order valence-electron chi connectivity index (χ3n) is 3.64. The Kier molecular flexibility index (Phi) is 10.2. The summed E-state index contributed by atoms with van der Waals surface area (Å²) in [4.78, 5) is 7.53. The number of alkyl halides is 2. The Balaban J connectivity index is 0.000000223. The SMILES string of the molecule is CCc1ccccc1F.COc1ccccc1C(C)(F)F.COc1ncccn1. The van der Waals surface area contributed by atoms with Gasteiger partial charge in [-0.05, 0) is 36.2 Å². The minimum atomic E-state index is -2.84. The summed E-state index contributed by atoms with van der Waals surface area (Å²) in [5, 5.41) is 0. The molecular formula is C22H25F3N2O2. The van der Waals surface area contributed by atoms with Crippen LogP contribution in [0.4, 0.5) is 13.2 Å². The molecule has 0 aliphatic heterocycles. The molecule has 0 atom stereocenters. The van der Waals surface area contributed by atoms with Crippen LogP contribution in [-0.2, 0) is 12.3 Å². The molecule has 0 bridgehead atoms. The lowest BCUT2D eigenvalue weighted by Gasteiger charge is -2.13. The molecule has 29 heavy (non-hydrogen) atoms. The van der Waals surface area contributed by atoms with Crippen LogP contribution in [0.3, 0.4) is 0 Å². The summed E-state index contributed by atoms with van der Waals surface area (Å²) in [6.07, 6.45) is 4.03. The van der Waals surface area contributed by atoms with Crippen molar-refractivity contribution in [1.82, 2.24) is 9.97 Å². The molecule has 2 aromatic carbocycles. The number of ether oxygens (including phenoxy) is 2. The molecular weight excluding hydrogens is 381 g/mol. The molecule has 0 saturated carbocycles. The zero-order valence-electron chi connectivity index (χ0n) is 16.9. The van der Waals surface area contributed by atoms with E-state index >= 15 is 0 Å². The summed E-state index contributed by atoms with van der Waals surface area (Å²) >= 11 is 0. The van der Waals surface area contributed by atoms with Gasteiger partial charge in [0.2, 0.25) is 0 Å². The van der Waals surface area contributed by atoms with Gasteiger partial charge in [-0.1, -0.05) is 37.3 Å². The second kappa shape index (κ2) is 12.4.